The third-order valence-electron chi connectivity index (χ3n) is 1.01. The number of carbonyl (C=O) groups excluding carboxylic acids is 1. The Morgan fingerprint density at radius 3 is 1.87 bits per heavy atom. The van der Waals surface area contributed by atoms with Crippen molar-refractivity contribution in [1.82, 2.24) is 0 Å². The molecular weight excluding hydrogens is 247 g/mol. The van der Waals surface area contributed by atoms with Gasteiger partial charge in [0.15, 0.2) is 0 Å². The monoisotopic (exact) mass is 264 g/mol. The molecule has 0 aromatic heterocycles. The molecule has 7 nitrogen and oxygen atoms in total. The smallest absolute Gasteiger partial charge is 0.404 e. The van der Waals surface area contributed by atoms with Crippen LogP contribution in [0, 0.1) is 0 Å². The van der Waals surface area contributed by atoms with Crippen LogP contribution in [0.4, 0.5) is 4.79 Å². The summed E-state index contributed by atoms with van der Waals surface area (Å²) >= 11 is 0. The van der Waals surface area contributed by atoms with E-state index in [1.165, 1.54) is 0 Å². The number of halogens is 1. The molecule has 0 unspecified atom stereocenters. The number of ether oxygens (including phenoxy) is 1. The first-order valence-electron chi connectivity index (χ1n) is 3.74. The number of rotatable bonds is 3. The molecule has 0 aromatic carbocycles. The summed E-state index contributed by atoms with van der Waals surface area (Å²) in [6.45, 7) is 1.17. The van der Waals surface area contributed by atoms with E-state index in [1.807, 2.05) is 21.1 Å². The first-order chi connectivity index (χ1) is 6.15. The first kappa shape index (κ1) is 20.3. The van der Waals surface area contributed by atoms with Crippen molar-refractivity contribution in [2.45, 2.75) is 0 Å². The van der Waals surface area contributed by atoms with Crippen LogP contribution in [0.15, 0.2) is 0 Å². The Kier molecular flexibility index (Phi) is 14.0. The summed E-state index contributed by atoms with van der Waals surface area (Å²) in [5.41, 5.74) is 4.75. The average molecular weight is 265 g/mol. The van der Waals surface area contributed by atoms with E-state index in [-0.39, 0.29) is 12.4 Å². The lowest BCUT2D eigenvalue weighted by atomic mass is 10.5. The second-order valence-electron chi connectivity index (χ2n) is 3.45. The van der Waals surface area contributed by atoms with Crippen molar-refractivity contribution in [3.8, 4) is 0 Å². The Morgan fingerprint density at radius 2 is 1.67 bits per heavy atom. The number of quaternary nitrogens is 1. The lowest BCUT2D eigenvalue weighted by molar-refractivity contribution is -0.870. The molecule has 0 heterocycles. The third-order valence-corrected chi connectivity index (χ3v) is 1.01. The van der Waals surface area contributed by atoms with Crippen LogP contribution in [0.5, 0.6) is 0 Å². The van der Waals surface area contributed by atoms with E-state index in [0.717, 1.165) is 11.0 Å². The lowest BCUT2D eigenvalue weighted by Crippen LogP contribution is -3.00. The zero-order chi connectivity index (χ0) is 11.8. The SMILES string of the molecule is C[N+](C)(C)CCOC(N)=O.OP(O)O.[Cl-]. The zero-order valence-corrected chi connectivity index (χ0v) is 10.6. The van der Waals surface area contributed by atoms with Gasteiger partial charge in [-0.1, -0.05) is 0 Å². The molecule has 0 saturated heterocycles. The molecule has 0 aliphatic rings. The predicted octanol–water partition coefficient (Wildman–Crippen LogP) is -4.02. The highest BCUT2D eigenvalue weighted by atomic mass is 35.5. The minimum absolute atomic E-state index is 0. The average Bonchev–Trinajstić information content (AvgIpc) is 1.80. The highest BCUT2D eigenvalue weighted by Gasteiger charge is 2.06. The van der Waals surface area contributed by atoms with Gasteiger partial charge >= 0.3 is 14.7 Å². The van der Waals surface area contributed by atoms with Gasteiger partial charge in [0, 0.05) is 0 Å². The van der Waals surface area contributed by atoms with Crippen molar-refractivity contribution in [1.29, 1.82) is 0 Å². The van der Waals surface area contributed by atoms with Crippen LogP contribution in [0.2, 0.25) is 0 Å². The topological polar surface area (TPSA) is 113 Å². The van der Waals surface area contributed by atoms with Gasteiger partial charge in [-0.2, -0.15) is 0 Å². The number of primary amides is 1. The Hall–Kier alpha value is -0.170. The molecule has 9 heteroatoms. The van der Waals surface area contributed by atoms with Crippen LogP contribution in [0.25, 0.3) is 0 Å². The van der Waals surface area contributed by atoms with Crippen LogP contribution in [-0.2, 0) is 4.74 Å². The van der Waals surface area contributed by atoms with E-state index in [4.69, 9.17) is 20.4 Å². The lowest BCUT2D eigenvalue weighted by Gasteiger charge is -2.22. The maximum Gasteiger partial charge on any atom is 0.404 e. The normalized spacial score (nSPS) is 9.80. The highest BCUT2D eigenvalue weighted by molar-refractivity contribution is 7.38. The van der Waals surface area contributed by atoms with Crippen LogP contribution in [0.3, 0.4) is 0 Å². The number of carbonyl (C=O) groups is 1. The molecule has 0 aromatic rings. The fourth-order valence-corrected chi connectivity index (χ4v) is 0.420. The van der Waals surface area contributed by atoms with E-state index in [9.17, 15) is 4.79 Å². The second-order valence-corrected chi connectivity index (χ2v) is 3.99. The van der Waals surface area contributed by atoms with Gasteiger partial charge in [-0.15, -0.1) is 0 Å². The van der Waals surface area contributed by atoms with Crippen molar-refractivity contribution in [3.05, 3.63) is 0 Å². The van der Waals surface area contributed by atoms with Crippen molar-refractivity contribution < 1.29 is 41.1 Å². The minimum Gasteiger partial charge on any atom is -1.00 e. The molecule has 5 N–H and O–H groups in total. The minimum atomic E-state index is -2.62. The molecule has 0 spiro atoms. The molecule has 0 aliphatic heterocycles. The van der Waals surface area contributed by atoms with Gasteiger partial charge < -0.3 is 42.0 Å². The molecule has 0 saturated carbocycles. The third kappa shape index (κ3) is 41.5. The molecule has 0 atom stereocenters. The quantitative estimate of drug-likeness (QED) is 0.306. The summed E-state index contributed by atoms with van der Waals surface area (Å²) in [4.78, 5) is 31.8. The highest BCUT2D eigenvalue weighted by Crippen LogP contribution is 2.11. The predicted molar refractivity (Wildman–Crippen MR) is 52.0 cm³/mol. The largest absolute Gasteiger partial charge is 1.00 e. The molecule has 0 bridgehead atoms. The van der Waals surface area contributed by atoms with Crippen LogP contribution < -0.4 is 18.1 Å². The van der Waals surface area contributed by atoms with Crippen molar-refractivity contribution in [2.75, 3.05) is 34.3 Å². The Balaban J connectivity index is -0.000000249. The van der Waals surface area contributed by atoms with Crippen LogP contribution in [0.1, 0.15) is 0 Å². The Bertz CT molecular complexity index is 161. The standard InChI is InChI=1S/C6H14N2O2.ClH.H3O3P/c1-8(2,3)4-5-10-6(7)9;;1-4(2)3/h4-5H2,1-3H3,(H-,7,9);1H;1-3H. The molecule has 0 fully saturated rings. The van der Waals surface area contributed by atoms with Gasteiger partial charge in [0.25, 0.3) is 0 Å². The summed E-state index contributed by atoms with van der Waals surface area (Å²) in [6.07, 6.45) is -0.701. The van der Waals surface area contributed by atoms with Crippen molar-refractivity contribution >= 4 is 14.7 Å². The number of nitrogens with two attached hydrogens (primary N) is 1. The molecular formula is C6H18ClN2O5P. The first-order valence-corrected chi connectivity index (χ1v) is 4.94. The fraction of sp³-hybridized carbons (Fsp3) is 0.833. The van der Waals surface area contributed by atoms with Crippen LogP contribution in [-0.4, -0.2) is 59.6 Å². The van der Waals surface area contributed by atoms with E-state index in [2.05, 4.69) is 4.74 Å². The molecule has 0 aliphatic carbocycles. The van der Waals surface area contributed by atoms with Crippen molar-refractivity contribution in [3.63, 3.8) is 0 Å². The molecule has 1 amide bonds. The van der Waals surface area contributed by atoms with Gasteiger partial charge in [0.05, 0.1) is 21.1 Å². The number of nitrogens with zero attached hydrogens (tertiary/aromatic N) is 1. The Labute approximate surface area is 96.5 Å². The van der Waals surface area contributed by atoms with Gasteiger partial charge in [-0.05, 0) is 0 Å². The number of hydrogen-bond acceptors (Lipinski definition) is 5. The number of hydrogen-bond donors (Lipinski definition) is 4. The molecule has 94 valence electrons. The zero-order valence-electron chi connectivity index (χ0n) is 8.92. The molecule has 15 heavy (non-hydrogen) atoms. The second kappa shape index (κ2) is 10.4. The number of amides is 1. The van der Waals surface area contributed by atoms with Crippen LogP contribution >= 0.6 is 8.60 Å². The van der Waals surface area contributed by atoms with E-state index >= 15 is 0 Å². The van der Waals surface area contributed by atoms with Gasteiger partial charge in [0.2, 0.25) is 0 Å². The van der Waals surface area contributed by atoms with E-state index in [1.54, 1.807) is 0 Å². The van der Waals surface area contributed by atoms with Gasteiger partial charge in [-0.25, -0.2) is 4.79 Å². The maximum atomic E-state index is 10.1. The molecule has 0 radical (unpaired) electrons. The van der Waals surface area contributed by atoms with Gasteiger partial charge in [-0.3, -0.25) is 0 Å². The molecule has 0 rings (SSSR count). The summed E-state index contributed by atoms with van der Waals surface area (Å²) in [5.74, 6) is 0. The fourth-order valence-electron chi connectivity index (χ4n) is 0.420. The summed E-state index contributed by atoms with van der Waals surface area (Å²) in [6, 6.07) is 0. The summed E-state index contributed by atoms with van der Waals surface area (Å²) in [5, 5.41) is 0. The Morgan fingerprint density at radius 1 is 1.33 bits per heavy atom. The number of likely N-dealkylation sites (N-methyl/N-ethyl adjacent to an activating group) is 1. The van der Waals surface area contributed by atoms with E-state index in [0.29, 0.717) is 6.61 Å². The van der Waals surface area contributed by atoms with Crippen molar-refractivity contribution in [2.24, 2.45) is 5.73 Å². The summed E-state index contributed by atoms with van der Waals surface area (Å²) in [7, 11) is 3.43. The van der Waals surface area contributed by atoms with Gasteiger partial charge in [0.1, 0.15) is 13.2 Å². The maximum absolute atomic E-state index is 10.1. The van der Waals surface area contributed by atoms with E-state index < -0.39 is 14.7 Å². The summed E-state index contributed by atoms with van der Waals surface area (Å²) < 4.78 is 5.31.